The van der Waals surface area contributed by atoms with Crippen LogP contribution in [0.2, 0.25) is 0 Å². The molecule has 82 valence electrons. The number of rotatable bonds is 3. The van der Waals surface area contributed by atoms with Gasteiger partial charge in [0, 0.05) is 0 Å². The third-order valence-corrected chi connectivity index (χ3v) is 3.45. The second-order valence-corrected chi connectivity index (χ2v) is 4.42. The van der Waals surface area contributed by atoms with Gasteiger partial charge < -0.3 is 15.9 Å². The van der Waals surface area contributed by atoms with Crippen LogP contribution in [-0.4, -0.2) is 29.0 Å². The molecule has 0 bridgehead atoms. The predicted molar refractivity (Wildman–Crippen MR) is 58.4 cm³/mol. The molecular formula is C12H17NO2. The zero-order chi connectivity index (χ0) is 10.9. The monoisotopic (exact) mass is 207 g/mol. The van der Waals surface area contributed by atoms with Gasteiger partial charge in [-0.3, -0.25) is 0 Å². The molecule has 1 aliphatic rings. The molecule has 1 aromatic carbocycles. The summed E-state index contributed by atoms with van der Waals surface area (Å²) in [6.07, 6.45) is 1.71. The number of hydrogen-bond donors (Lipinski definition) is 3. The molecular weight excluding hydrogens is 190 g/mol. The molecule has 3 heteroatoms. The van der Waals surface area contributed by atoms with Gasteiger partial charge in [-0.05, 0) is 29.9 Å². The largest absolute Gasteiger partial charge is 0.394 e. The van der Waals surface area contributed by atoms with Crippen molar-refractivity contribution in [2.24, 2.45) is 11.7 Å². The summed E-state index contributed by atoms with van der Waals surface area (Å²) in [7, 11) is 0. The van der Waals surface area contributed by atoms with Crippen LogP contribution in [0.3, 0.4) is 0 Å². The van der Waals surface area contributed by atoms with E-state index in [-0.39, 0.29) is 19.1 Å². The van der Waals surface area contributed by atoms with Gasteiger partial charge in [-0.15, -0.1) is 0 Å². The molecule has 0 unspecified atom stereocenters. The normalized spacial score (nSPS) is 16.7. The van der Waals surface area contributed by atoms with Crippen molar-refractivity contribution in [2.75, 3.05) is 13.2 Å². The van der Waals surface area contributed by atoms with E-state index in [1.165, 1.54) is 11.1 Å². The van der Waals surface area contributed by atoms with Crippen LogP contribution in [-0.2, 0) is 12.8 Å². The Bertz CT molecular complexity index is 322. The molecule has 15 heavy (non-hydrogen) atoms. The van der Waals surface area contributed by atoms with Crippen LogP contribution in [0.15, 0.2) is 24.3 Å². The minimum absolute atomic E-state index is 0.143. The first-order valence-electron chi connectivity index (χ1n) is 5.27. The van der Waals surface area contributed by atoms with Crippen LogP contribution >= 0.6 is 0 Å². The second kappa shape index (κ2) is 3.93. The predicted octanol–water partition coefficient (Wildman–Crippen LogP) is 0.0835. The standard InChI is InChI=1S/C12H17NO2/c13-12(7-14,8-15)11-5-9-3-1-2-4-10(9)6-11/h1-4,11,14-15H,5-8,13H2. The van der Waals surface area contributed by atoms with Crippen molar-refractivity contribution in [3.05, 3.63) is 35.4 Å². The van der Waals surface area contributed by atoms with Gasteiger partial charge in [0.25, 0.3) is 0 Å². The minimum atomic E-state index is -0.848. The molecule has 4 N–H and O–H groups in total. The number of aliphatic hydroxyl groups is 2. The first kappa shape index (κ1) is 10.6. The number of nitrogens with two attached hydrogens (primary N) is 1. The number of hydrogen-bond acceptors (Lipinski definition) is 3. The van der Waals surface area contributed by atoms with E-state index in [0.29, 0.717) is 0 Å². The van der Waals surface area contributed by atoms with Gasteiger partial charge in [0.2, 0.25) is 0 Å². The highest BCUT2D eigenvalue weighted by Crippen LogP contribution is 2.32. The zero-order valence-corrected chi connectivity index (χ0v) is 8.69. The van der Waals surface area contributed by atoms with Crippen molar-refractivity contribution < 1.29 is 10.2 Å². The van der Waals surface area contributed by atoms with Gasteiger partial charge in [0.15, 0.2) is 0 Å². The molecule has 0 fully saturated rings. The summed E-state index contributed by atoms with van der Waals surface area (Å²) < 4.78 is 0. The molecule has 2 rings (SSSR count). The fourth-order valence-corrected chi connectivity index (χ4v) is 2.27. The summed E-state index contributed by atoms with van der Waals surface area (Å²) in [5.74, 6) is 0.143. The lowest BCUT2D eigenvalue weighted by Crippen LogP contribution is -2.54. The van der Waals surface area contributed by atoms with Crippen molar-refractivity contribution >= 4 is 0 Å². The van der Waals surface area contributed by atoms with Crippen LogP contribution in [0.4, 0.5) is 0 Å². The first-order chi connectivity index (χ1) is 7.19. The Kier molecular flexibility index (Phi) is 2.78. The van der Waals surface area contributed by atoms with E-state index in [1.54, 1.807) is 0 Å². The first-order valence-corrected chi connectivity index (χ1v) is 5.27. The Morgan fingerprint density at radius 1 is 1.13 bits per heavy atom. The SMILES string of the molecule is NC(CO)(CO)C1Cc2ccccc2C1. The summed E-state index contributed by atoms with van der Waals surface area (Å²) in [6, 6.07) is 8.20. The zero-order valence-electron chi connectivity index (χ0n) is 8.69. The van der Waals surface area contributed by atoms with Gasteiger partial charge in [0.05, 0.1) is 18.8 Å². The topological polar surface area (TPSA) is 66.5 Å². The lowest BCUT2D eigenvalue weighted by Gasteiger charge is -2.31. The van der Waals surface area contributed by atoms with Crippen LogP contribution in [0, 0.1) is 5.92 Å². The quantitative estimate of drug-likeness (QED) is 0.657. The Morgan fingerprint density at radius 2 is 1.60 bits per heavy atom. The molecule has 0 saturated heterocycles. The van der Waals surface area contributed by atoms with Crippen molar-refractivity contribution in [1.82, 2.24) is 0 Å². The van der Waals surface area contributed by atoms with E-state index < -0.39 is 5.54 Å². The number of fused-ring (bicyclic) bond motifs is 1. The summed E-state index contributed by atoms with van der Waals surface area (Å²) in [6.45, 7) is -0.329. The van der Waals surface area contributed by atoms with Crippen molar-refractivity contribution in [3.63, 3.8) is 0 Å². The molecule has 0 aromatic heterocycles. The van der Waals surface area contributed by atoms with Gasteiger partial charge in [0.1, 0.15) is 0 Å². The van der Waals surface area contributed by atoms with Crippen LogP contribution in [0.1, 0.15) is 11.1 Å². The molecule has 0 amide bonds. The Balaban J connectivity index is 2.19. The fraction of sp³-hybridized carbons (Fsp3) is 0.500. The van der Waals surface area contributed by atoms with E-state index in [9.17, 15) is 10.2 Å². The minimum Gasteiger partial charge on any atom is -0.394 e. The van der Waals surface area contributed by atoms with Gasteiger partial charge in [-0.25, -0.2) is 0 Å². The third-order valence-electron chi connectivity index (χ3n) is 3.45. The van der Waals surface area contributed by atoms with Crippen molar-refractivity contribution in [2.45, 2.75) is 18.4 Å². The van der Waals surface area contributed by atoms with E-state index in [2.05, 4.69) is 12.1 Å². The maximum absolute atomic E-state index is 9.24. The Labute approximate surface area is 89.5 Å². The van der Waals surface area contributed by atoms with E-state index in [4.69, 9.17) is 5.73 Å². The number of aliphatic hydroxyl groups excluding tert-OH is 2. The van der Waals surface area contributed by atoms with E-state index in [1.807, 2.05) is 12.1 Å². The average Bonchev–Trinajstić information content (AvgIpc) is 2.72. The highest BCUT2D eigenvalue weighted by molar-refractivity contribution is 5.33. The summed E-state index contributed by atoms with van der Waals surface area (Å²) in [5, 5.41) is 18.5. The molecule has 3 nitrogen and oxygen atoms in total. The average molecular weight is 207 g/mol. The Morgan fingerprint density at radius 3 is 2.00 bits per heavy atom. The molecule has 0 aliphatic heterocycles. The molecule has 1 aromatic rings. The third kappa shape index (κ3) is 1.78. The molecule has 0 radical (unpaired) electrons. The lowest BCUT2D eigenvalue weighted by molar-refractivity contribution is 0.0783. The molecule has 0 heterocycles. The summed E-state index contributed by atoms with van der Waals surface area (Å²) in [5.41, 5.74) is 7.71. The maximum Gasteiger partial charge on any atom is 0.0658 e. The highest BCUT2D eigenvalue weighted by Gasteiger charge is 2.37. The second-order valence-electron chi connectivity index (χ2n) is 4.42. The van der Waals surface area contributed by atoms with Crippen LogP contribution in [0.25, 0.3) is 0 Å². The Hall–Kier alpha value is -0.900. The lowest BCUT2D eigenvalue weighted by atomic mass is 9.84. The van der Waals surface area contributed by atoms with Crippen molar-refractivity contribution in [1.29, 1.82) is 0 Å². The molecule has 1 aliphatic carbocycles. The smallest absolute Gasteiger partial charge is 0.0658 e. The van der Waals surface area contributed by atoms with Crippen molar-refractivity contribution in [3.8, 4) is 0 Å². The summed E-state index contributed by atoms with van der Waals surface area (Å²) >= 11 is 0. The van der Waals surface area contributed by atoms with E-state index in [0.717, 1.165) is 12.8 Å². The highest BCUT2D eigenvalue weighted by atomic mass is 16.3. The van der Waals surface area contributed by atoms with E-state index >= 15 is 0 Å². The number of benzene rings is 1. The maximum atomic E-state index is 9.24. The molecule has 0 saturated carbocycles. The fourth-order valence-electron chi connectivity index (χ4n) is 2.27. The summed E-state index contributed by atoms with van der Waals surface area (Å²) in [4.78, 5) is 0. The van der Waals surface area contributed by atoms with Gasteiger partial charge in [-0.2, -0.15) is 0 Å². The van der Waals surface area contributed by atoms with Gasteiger partial charge >= 0.3 is 0 Å². The molecule has 0 spiro atoms. The van der Waals surface area contributed by atoms with Gasteiger partial charge in [-0.1, -0.05) is 24.3 Å². The van der Waals surface area contributed by atoms with Crippen LogP contribution < -0.4 is 5.73 Å². The van der Waals surface area contributed by atoms with Crippen LogP contribution in [0.5, 0.6) is 0 Å². The molecule has 0 atom stereocenters.